The van der Waals surface area contributed by atoms with Crippen molar-refractivity contribution in [3.63, 3.8) is 0 Å². The van der Waals surface area contributed by atoms with Crippen molar-refractivity contribution in [1.29, 1.82) is 5.41 Å². The van der Waals surface area contributed by atoms with Crippen molar-refractivity contribution in [3.8, 4) is 16.9 Å². The Hall–Kier alpha value is -2.81. The van der Waals surface area contributed by atoms with Gasteiger partial charge in [0, 0.05) is 11.6 Å². The molecule has 1 amide bonds. The average molecular weight is 537 g/mol. The van der Waals surface area contributed by atoms with Gasteiger partial charge in [0.25, 0.3) is 0 Å². The van der Waals surface area contributed by atoms with Gasteiger partial charge in [-0.1, -0.05) is 36.4 Å². The van der Waals surface area contributed by atoms with E-state index in [1.807, 2.05) is 55.6 Å². The lowest BCUT2D eigenvalue weighted by atomic mass is 10.0. The predicted octanol–water partition coefficient (Wildman–Crippen LogP) is 3.39. The van der Waals surface area contributed by atoms with Gasteiger partial charge in [-0.25, -0.2) is 0 Å². The van der Waals surface area contributed by atoms with Gasteiger partial charge in [0.05, 0.1) is 18.4 Å². The van der Waals surface area contributed by atoms with E-state index in [4.69, 9.17) is 20.6 Å². The number of nitrogens with two attached hydrogens (primary N) is 1. The van der Waals surface area contributed by atoms with Gasteiger partial charge in [0.15, 0.2) is 0 Å². The number of likely N-dealkylation sites (N-methyl/N-ethyl adjacent to an activating group) is 1. The summed E-state index contributed by atoms with van der Waals surface area (Å²) < 4.78 is 11.3. The first-order valence-corrected chi connectivity index (χ1v) is 11.7. The highest BCUT2D eigenvalue weighted by atomic mass is 35.5. The van der Waals surface area contributed by atoms with E-state index in [1.54, 1.807) is 0 Å². The van der Waals surface area contributed by atoms with Crippen molar-refractivity contribution in [2.75, 3.05) is 26.8 Å². The molecule has 0 aliphatic carbocycles. The molecule has 0 aromatic heterocycles. The first-order chi connectivity index (χ1) is 16.4. The standard InChI is InChI=1S/C26H32N4O4.2ClH/c1-30-12-2-3-22(30)16-34-24(31)14-20-13-21(29-26(20)32)15-33-23-10-8-18(9-11-23)17-4-6-19(7-5-17)25(27)28;;/h4-11,20-22H,2-3,12-16H2,1H3,(H3,27,28)(H,29,32);2*1H/t20-,21-,22?;;/m0../s1. The van der Waals surface area contributed by atoms with Gasteiger partial charge in [0.2, 0.25) is 5.91 Å². The third kappa shape index (κ3) is 7.59. The van der Waals surface area contributed by atoms with Crippen LogP contribution in [-0.2, 0) is 14.3 Å². The molecular weight excluding hydrogens is 503 g/mol. The van der Waals surface area contributed by atoms with Crippen LogP contribution < -0.4 is 15.8 Å². The third-order valence-corrected chi connectivity index (χ3v) is 6.64. The van der Waals surface area contributed by atoms with Crippen molar-refractivity contribution < 1.29 is 19.1 Å². The fraction of sp³-hybridized carbons (Fsp3) is 0.423. The molecule has 2 heterocycles. The number of amidine groups is 1. The number of ether oxygens (including phenoxy) is 2. The number of carbonyl (C=O) groups excluding carboxylic acids is 2. The van der Waals surface area contributed by atoms with E-state index < -0.39 is 0 Å². The lowest BCUT2D eigenvalue weighted by molar-refractivity contribution is -0.147. The second-order valence-electron chi connectivity index (χ2n) is 9.13. The van der Waals surface area contributed by atoms with Crippen LogP contribution in [0.4, 0.5) is 0 Å². The lowest BCUT2D eigenvalue weighted by Crippen LogP contribution is -2.32. The summed E-state index contributed by atoms with van der Waals surface area (Å²) in [5.41, 5.74) is 8.24. The normalized spacial score (nSPS) is 21.1. The fourth-order valence-corrected chi connectivity index (χ4v) is 4.54. The van der Waals surface area contributed by atoms with Crippen molar-refractivity contribution in [2.24, 2.45) is 11.7 Å². The fourth-order valence-electron chi connectivity index (χ4n) is 4.54. The molecule has 2 saturated heterocycles. The second-order valence-corrected chi connectivity index (χ2v) is 9.13. The zero-order valence-corrected chi connectivity index (χ0v) is 21.9. The SMILES string of the molecule is CN1CCCC1COC(=O)C[C@@H]1C[C@@H](COc2ccc(-c3ccc(C(=N)N)cc3)cc2)NC1=O.Cl.Cl. The van der Waals surface area contributed by atoms with Crippen LogP contribution >= 0.6 is 24.8 Å². The molecule has 196 valence electrons. The van der Waals surface area contributed by atoms with E-state index in [0.717, 1.165) is 30.5 Å². The number of nitrogen functional groups attached to an aromatic ring is 1. The minimum Gasteiger partial charge on any atom is -0.491 e. The van der Waals surface area contributed by atoms with Gasteiger partial charge in [0.1, 0.15) is 24.8 Å². The molecular formula is C26H34Cl2N4O4. The van der Waals surface area contributed by atoms with Gasteiger partial charge in [-0.15, -0.1) is 24.8 Å². The number of nitrogens with zero attached hydrogens (tertiary/aromatic N) is 1. The molecule has 3 atom stereocenters. The summed E-state index contributed by atoms with van der Waals surface area (Å²) in [6.07, 6.45) is 2.83. The molecule has 0 saturated carbocycles. The molecule has 2 aromatic carbocycles. The number of amides is 1. The van der Waals surface area contributed by atoms with Gasteiger partial charge in [-0.3, -0.25) is 15.0 Å². The lowest BCUT2D eigenvalue weighted by Gasteiger charge is -2.19. The smallest absolute Gasteiger partial charge is 0.306 e. The van der Waals surface area contributed by atoms with Crippen LogP contribution in [-0.4, -0.2) is 61.5 Å². The molecule has 2 fully saturated rings. The molecule has 2 aliphatic rings. The summed E-state index contributed by atoms with van der Waals surface area (Å²) in [6.45, 7) is 1.77. The largest absolute Gasteiger partial charge is 0.491 e. The third-order valence-electron chi connectivity index (χ3n) is 6.64. The molecule has 36 heavy (non-hydrogen) atoms. The maximum absolute atomic E-state index is 12.3. The van der Waals surface area contributed by atoms with Gasteiger partial charge in [-0.2, -0.15) is 0 Å². The minimum absolute atomic E-state index is 0. The van der Waals surface area contributed by atoms with Crippen molar-refractivity contribution in [1.82, 2.24) is 10.2 Å². The van der Waals surface area contributed by atoms with Crippen LogP contribution in [0, 0.1) is 11.3 Å². The highest BCUT2D eigenvalue weighted by Gasteiger charge is 2.34. The van der Waals surface area contributed by atoms with Gasteiger partial charge >= 0.3 is 5.97 Å². The van der Waals surface area contributed by atoms with Crippen LogP contribution in [0.5, 0.6) is 5.75 Å². The number of rotatable bonds is 9. The van der Waals surface area contributed by atoms with Crippen LogP contribution in [0.2, 0.25) is 0 Å². The summed E-state index contributed by atoms with van der Waals surface area (Å²) in [6, 6.07) is 15.4. The monoisotopic (exact) mass is 536 g/mol. The Labute approximate surface area is 224 Å². The van der Waals surface area contributed by atoms with Crippen molar-refractivity contribution in [2.45, 2.75) is 37.8 Å². The zero-order chi connectivity index (χ0) is 24.1. The number of benzene rings is 2. The molecule has 0 radical (unpaired) electrons. The predicted molar refractivity (Wildman–Crippen MR) is 144 cm³/mol. The molecule has 2 aromatic rings. The van der Waals surface area contributed by atoms with E-state index in [1.165, 1.54) is 0 Å². The van der Waals surface area contributed by atoms with Crippen LogP contribution in [0.3, 0.4) is 0 Å². The van der Waals surface area contributed by atoms with Crippen molar-refractivity contribution >= 4 is 42.5 Å². The Balaban J connectivity index is 0.00000228. The van der Waals surface area contributed by atoms with E-state index in [0.29, 0.717) is 30.9 Å². The van der Waals surface area contributed by atoms with E-state index in [2.05, 4.69) is 10.2 Å². The van der Waals surface area contributed by atoms with Crippen molar-refractivity contribution in [3.05, 3.63) is 54.1 Å². The zero-order valence-electron chi connectivity index (χ0n) is 20.3. The maximum atomic E-state index is 12.3. The Bertz CT molecular complexity index is 1030. The molecule has 10 heteroatoms. The molecule has 2 aliphatic heterocycles. The average Bonchev–Trinajstić information content (AvgIpc) is 3.41. The number of esters is 1. The van der Waals surface area contributed by atoms with E-state index in [9.17, 15) is 9.59 Å². The Kier molecular flexibility index (Phi) is 11.0. The quantitative estimate of drug-likeness (QED) is 0.257. The number of likely N-dealkylation sites (tertiary alicyclic amines) is 1. The molecule has 0 spiro atoms. The molecule has 1 unspecified atom stereocenters. The van der Waals surface area contributed by atoms with E-state index in [-0.39, 0.29) is 66.9 Å². The maximum Gasteiger partial charge on any atom is 0.306 e. The van der Waals surface area contributed by atoms with Crippen LogP contribution in [0.25, 0.3) is 11.1 Å². The summed E-state index contributed by atoms with van der Waals surface area (Å²) in [7, 11) is 2.04. The first-order valence-electron chi connectivity index (χ1n) is 11.7. The number of carbonyl (C=O) groups is 2. The summed E-state index contributed by atoms with van der Waals surface area (Å²) in [5, 5.41) is 10.4. The van der Waals surface area contributed by atoms with Crippen LogP contribution in [0.15, 0.2) is 48.5 Å². The molecule has 4 rings (SSSR count). The number of nitrogens with one attached hydrogen (secondary N) is 2. The first kappa shape index (κ1) is 29.4. The number of hydrogen-bond acceptors (Lipinski definition) is 6. The van der Waals surface area contributed by atoms with E-state index >= 15 is 0 Å². The number of hydrogen-bond donors (Lipinski definition) is 3. The highest BCUT2D eigenvalue weighted by molar-refractivity contribution is 5.95. The van der Waals surface area contributed by atoms with Gasteiger partial charge in [-0.05, 0) is 56.1 Å². The number of halogens is 2. The summed E-state index contributed by atoms with van der Waals surface area (Å²) in [5.74, 6) is -0.0446. The van der Waals surface area contributed by atoms with Crippen LogP contribution in [0.1, 0.15) is 31.2 Å². The topological polar surface area (TPSA) is 118 Å². The summed E-state index contributed by atoms with van der Waals surface area (Å²) in [4.78, 5) is 26.7. The second kappa shape index (κ2) is 13.5. The highest BCUT2D eigenvalue weighted by Crippen LogP contribution is 2.25. The Morgan fingerprint density at radius 1 is 1.08 bits per heavy atom. The minimum atomic E-state index is -0.372. The van der Waals surface area contributed by atoms with Gasteiger partial charge < -0.3 is 25.4 Å². The summed E-state index contributed by atoms with van der Waals surface area (Å²) >= 11 is 0. The molecule has 0 bridgehead atoms. The Morgan fingerprint density at radius 2 is 1.72 bits per heavy atom. The molecule has 4 N–H and O–H groups in total. The Morgan fingerprint density at radius 3 is 2.31 bits per heavy atom. The molecule has 8 nitrogen and oxygen atoms in total.